The molecular formula is C39H51N3O7. The summed E-state index contributed by atoms with van der Waals surface area (Å²) in [4.78, 5) is 43.3. The van der Waals surface area contributed by atoms with Gasteiger partial charge in [-0.25, -0.2) is 4.79 Å². The number of epoxide rings is 1. The van der Waals surface area contributed by atoms with Gasteiger partial charge in [-0.1, -0.05) is 55.0 Å². The molecule has 10 nitrogen and oxygen atoms in total. The van der Waals surface area contributed by atoms with E-state index < -0.39 is 34.8 Å². The lowest BCUT2D eigenvalue weighted by atomic mass is 9.66. The van der Waals surface area contributed by atoms with Crippen LogP contribution in [0.1, 0.15) is 92.4 Å². The first-order chi connectivity index (χ1) is 23.7. The quantitative estimate of drug-likeness (QED) is 0.0843. The first-order valence-corrected chi connectivity index (χ1v) is 18.0. The van der Waals surface area contributed by atoms with Gasteiger partial charge in [0.15, 0.2) is 11.4 Å². The van der Waals surface area contributed by atoms with Crippen LogP contribution in [0.25, 0.3) is 0 Å². The summed E-state index contributed by atoms with van der Waals surface area (Å²) in [6, 6.07) is 6.59. The van der Waals surface area contributed by atoms with Gasteiger partial charge in [0.1, 0.15) is 6.10 Å². The fourth-order valence-corrected chi connectivity index (χ4v) is 8.71. The molecule has 2 heterocycles. The number of nitrogens with one attached hydrogen (secondary N) is 2. The Morgan fingerprint density at radius 1 is 1.18 bits per heavy atom. The smallest absolute Gasteiger partial charge is 0.350 e. The Kier molecular flexibility index (Phi) is 10.6. The molecule has 3 aliphatic carbocycles. The number of aliphatic hydroxyl groups is 2. The Hall–Kier alpha value is -3.57. The van der Waals surface area contributed by atoms with E-state index in [1.165, 1.54) is 0 Å². The Morgan fingerprint density at radius 2 is 1.96 bits per heavy atom. The van der Waals surface area contributed by atoms with Gasteiger partial charge in [0.25, 0.3) is 5.60 Å². The van der Waals surface area contributed by atoms with E-state index in [-0.39, 0.29) is 42.7 Å². The van der Waals surface area contributed by atoms with Gasteiger partial charge in [0.2, 0.25) is 5.78 Å². The molecule has 0 bridgehead atoms. The SMILES string of the molecule is CCN[C@H]1C[C@H]2C=CCC[C@H]2C[C@@H]1[C@H](CCCO)OC(=O)[C@]12O[C@@]1(C/C(CO)=C(\C)CCC1=CCNC(N)=C1)C(=O)c1ccccc1C2=O. The standard InChI is InChI=1S/C39H51N3O7/c1-3-41-32-21-27-10-5-4-9-26(27)20-31(32)33(13-8-18-43)48-37(47)39-36(46)30-12-7-6-11-29(30)35(45)38(39,49-39)22-28(23-44)24(2)14-15-25-16-17-42-34(40)19-25/h5-7,10-12,16,19,26-27,31-33,41-44H,3-4,8-9,13-15,17-18,20-23,40H2,1-2H3/b28-24-/t26-,27+,31-,32-,33-,38-,39-/m0/s1. The molecule has 1 saturated heterocycles. The first-order valence-electron chi connectivity index (χ1n) is 18.0. The molecule has 7 atom stereocenters. The lowest BCUT2D eigenvalue weighted by Crippen LogP contribution is -2.54. The second kappa shape index (κ2) is 14.7. The second-order valence-electron chi connectivity index (χ2n) is 14.3. The van der Waals surface area contributed by atoms with Crippen LogP contribution >= 0.6 is 0 Å². The van der Waals surface area contributed by atoms with Crippen LogP contribution < -0.4 is 16.4 Å². The van der Waals surface area contributed by atoms with Crippen molar-refractivity contribution in [3.8, 4) is 0 Å². The van der Waals surface area contributed by atoms with Crippen molar-refractivity contribution in [2.24, 2.45) is 23.5 Å². The van der Waals surface area contributed by atoms with Crippen molar-refractivity contribution in [3.05, 3.63) is 82.2 Å². The third-order valence-electron chi connectivity index (χ3n) is 11.5. The number of Topliss-reactive ketones (excluding diaryl/α,β-unsaturated/α-hetero) is 2. The van der Waals surface area contributed by atoms with E-state index in [9.17, 15) is 24.6 Å². The average Bonchev–Trinajstić information content (AvgIpc) is 3.82. The summed E-state index contributed by atoms with van der Waals surface area (Å²) in [5, 5.41) is 27.1. The van der Waals surface area contributed by atoms with Crippen LogP contribution in [0, 0.1) is 17.8 Å². The number of benzene rings is 1. The van der Waals surface area contributed by atoms with E-state index in [0.29, 0.717) is 55.5 Å². The minimum Gasteiger partial charge on any atom is -0.459 e. The molecule has 49 heavy (non-hydrogen) atoms. The molecule has 0 radical (unpaired) electrons. The third kappa shape index (κ3) is 6.56. The zero-order chi connectivity index (χ0) is 34.8. The van der Waals surface area contributed by atoms with Gasteiger partial charge < -0.3 is 36.1 Å². The average molecular weight is 674 g/mol. The number of hydrogen-bond acceptors (Lipinski definition) is 10. The van der Waals surface area contributed by atoms with Crippen molar-refractivity contribution >= 4 is 17.5 Å². The van der Waals surface area contributed by atoms with E-state index in [0.717, 1.165) is 43.4 Å². The van der Waals surface area contributed by atoms with E-state index in [1.807, 2.05) is 13.0 Å². The molecule has 264 valence electrons. The van der Waals surface area contributed by atoms with Crippen LogP contribution in [0.4, 0.5) is 0 Å². The Balaban J connectivity index is 1.31. The van der Waals surface area contributed by atoms with Crippen molar-refractivity contribution in [1.29, 1.82) is 0 Å². The van der Waals surface area contributed by atoms with Crippen LogP contribution in [0.3, 0.4) is 0 Å². The number of carbonyl (C=O) groups is 3. The van der Waals surface area contributed by atoms with Crippen molar-refractivity contribution in [2.75, 3.05) is 26.3 Å². The Morgan fingerprint density at radius 3 is 2.67 bits per heavy atom. The monoisotopic (exact) mass is 673 g/mol. The van der Waals surface area contributed by atoms with Crippen molar-refractivity contribution in [3.63, 3.8) is 0 Å². The molecule has 0 spiro atoms. The minimum absolute atomic E-state index is 0.0306. The summed E-state index contributed by atoms with van der Waals surface area (Å²) in [5.74, 6) is -0.418. The Bertz CT molecular complexity index is 1580. The zero-order valence-corrected chi connectivity index (χ0v) is 28.7. The molecule has 0 aromatic heterocycles. The predicted molar refractivity (Wildman–Crippen MR) is 185 cm³/mol. The van der Waals surface area contributed by atoms with Gasteiger partial charge in [0, 0.05) is 42.7 Å². The Labute approximate surface area is 288 Å². The minimum atomic E-state index is -2.15. The maximum absolute atomic E-state index is 14.6. The number of ketones is 2. The number of esters is 1. The summed E-state index contributed by atoms with van der Waals surface area (Å²) in [7, 11) is 0. The third-order valence-corrected chi connectivity index (χ3v) is 11.5. The molecule has 5 aliphatic rings. The topological polar surface area (TPSA) is 164 Å². The number of allylic oxidation sites excluding steroid dienone is 5. The second-order valence-corrected chi connectivity index (χ2v) is 14.3. The first kappa shape index (κ1) is 35.3. The highest BCUT2D eigenvalue weighted by molar-refractivity contribution is 6.33. The summed E-state index contributed by atoms with van der Waals surface area (Å²) < 4.78 is 12.6. The summed E-state index contributed by atoms with van der Waals surface area (Å²) in [5.41, 5.74) is 4.79. The molecule has 6 N–H and O–H groups in total. The maximum Gasteiger partial charge on any atom is 0.350 e. The molecule has 0 unspecified atom stereocenters. The lowest BCUT2D eigenvalue weighted by Gasteiger charge is -2.45. The lowest BCUT2D eigenvalue weighted by molar-refractivity contribution is -0.159. The van der Waals surface area contributed by atoms with Crippen LogP contribution in [0.15, 0.2) is 71.1 Å². The highest BCUT2D eigenvalue weighted by atomic mass is 16.7. The normalized spacial score (nSPS) is 31.3. The molecule has 1 saturated carbocycles. The highest BCUT2D eigenvalue weighted by Crippen LogP contribution is 2.60. The van der Waals surface area contributed by atoms with E-state index >= 15 is 0 Å². The van der Waals surface area contributed by atoms with E-state index in [1.54, 1.807) is 24.3 Å². The van der Waals surface area contributed by atoms with Crippen LogP contribution in [-0.4, -0.2) is 77.4 Å². The number of nitrogens with two attached hydrogens (primary N) is 1. The van der Waals surface area contributed by atoms with E-state index in [2.05, 4.69) is 35.8 Å². The predicted octanol–water partition coefficient (Wildman–Crippen LogP) is 4.04. The van der Waals surface area contributed by atoms with Gasteiger partial charge in [-0.3, -0.25) is 9.59 Å². The molecule has 2 aliphatic heterocycles. The van der Waals surface area contributed by atoms with Gasteiger partial charge >= 0.3 is 5.97 Å². The number of fused-ring (bicyclic) bond motifs is 3. The molecule has 1 aromatic rings. The number of dihydropyridines is 1. The number of rotatable bonds is 14. The molecule has 10 heteroatoms. The van der Waals surface area contributed by atoms with Gasteiger partial charge in [-0.15, -0.1) is 0 Å². The van der Waals surface area contributed by atoms with Gasteiger partial charge in [0.05, 0.1) is 12.4 Å². The zero-order valence-electron chi connectivity index (χ0n) is 28.7. The number of hydrogen-bond donors (Lipinski definition) is 5. The van der Waals surface area contributed by atoms with Crippen LogP contribution in [0.5, 0.6) is 0 Å². The van der Waals surface area contributed by atoms with Gasteiger partial charge in [-0.05, 0) is 93.9 Å². The fraction of sp³-hybridized carbons (Fsp3) is 0.564. The number of aliphatic hydroxyl groups excluding tert-OH is 2. The van der Waals surface area contributed by atoms with Gasteiger partial charge in [-0.2, -0.15) is 0 Å². The van der Waals surface area contributed by atoms with Crippen molar-refractivity contribution < 1.29 is 34.1 Å². The summed E-state index contributed by atoms with van der Waals surface area (Å²) in [6.07, 6.45) is 13.8. The molecule has 1 aromatic carbocycles. The molecule has 2 fully saturated rings. The van der Waals surface area contributed by atoms with Crippen LogP contribution in [0.2, 0.25) is 0 Å². The number of carbonyl (C=O) groups excluding carboxylic acids is 3. The molecule has 6 rings (SSSR count). The molecule has 0 amide bonds. The molecular weight excluding hydrogens is 622 g/mol. The largest absolute Gasteiger partial charge is 0.459 e. The fourth-order valence-electron chi connectivity index (χ4n) is 8.71. The van der Waals surface area contributed by atoms with E-state index in [4.69, 9.17) is 15.2 Å². The van der Waals surface area contributed by atoms with Crippen LogP contribution in [-0.2, 0) is 14.3 Å². The highest BCUT2D eigenvalue weighted by Gasteiger charge is 2.85. The number of ether oxygens (including phenoxy) is 2. The summed E-state index contributed by atoms with van der Waals surface area (Å²) in [6.45, 7) is 4.94. The maximum atomic E-state index is 14.6. The van der Waals surface area contributed by atoms with Crippen molar-refractivity contribution in [2.45, 2.75) is 95.0 Å². The summed E-state index contributed by atoms with van der Waals surface area (Å²) >= 11 is 0. The van der Waals surface area contributed by atoms with Crippen molar-refractivity contribution in [1.82, 2.24) is 10.6 Å².